The van der Waals surface area contributed by atoms with Crippen molar-refractivity contribution in [2.24, 2.45) is 0 Å². The summed E-state index contributed by atoms with van der Waals surface area (Å²) in [6.45, 7) is 0. The Kier molecular flexibility index (Phi) is 9.84. The molecule has 2 heteroatoms. The molecule has 0 saturated heterocycles. The average molecular weight is 981 g/mol. The molecule has 2 aliphatic heterocycles. The van der Waals surface area contributed by atoms with Gasteiger partial charge < -0.3 is 9.80 Å². The van der Waals surface area contributed by atoms with E-state index in [0.717, 1.165) is 25.7 Å². The van der Waals surface area contributed by atoms with Crippen LogP contribution in [0.25, 0.3) is 66.4 Å². The lowest BCUT2D eigenvalue weighted by atomic mass is 9.67. The third kappa shape index (κ3) is 6.55. The number of benzene rings is 13. The molecule has 0 N–H and O–H groups in total. The van der Waals surface area contributed by atoms with Crippen molar-refractivity contribution in [3.8, 4) is 11.1 Å². The van der Waals surface area contributed by atoms with Gasteiger partial charge in [-0.2, -0.15) is 0 Å². The highest BCUT2D eigenvalue weighted by Gasteiger charge is 2.46. The number of aryl methyl sites for hydroxylation is 4. The summed E-state index contributed by atoms with van der Waals surface area (Å²) in [5.74, 6) is 0. The van der Waals surface area contributed by atoms with Crippen molar-refractivity contribution in [2.45, 2.75) is 31.1 Å². The number of para-hydroxylation sites is 4. The molecule has 1 aliphatic carbocycles. The summed E-state index contributed by atoms with van der Waals surface area (Å²) in [6.07, 6.45) is 8.74. The van der Waals surface area contributed by atoms with E-state index in [9.17, 15) is 0 Å². The van der Waals surface area contributed by atoms with Crippen molar-refractivity contribution < 1.29 is 0 Å². The predicted molar refractivity (Wildman–Crippen MR) is 325 cm³/mol. The molecule has 0 spiro atoms. The van der Waals surface area contributed by atoms with Crippen LogP contribution in [-0.4, -0.2) is 0 Å². The van der Waals surface area contributed by atoms with Gasteiger partial charge in [0, 0.05) is 33.8 Å². The Morgan fingerprint density at radius 2 is 0.740 bits per heavy atom. The fraction of sp³-hybridized carbons (Fsp3) is 0.0667. The molecule has 3 aliphatic rings. The van der Waals surface area contributed by atoms with Crippen LogP contribution in [0.3, 0.4) is 0 Å². The molecule has 13 aromatic rings. The summed E-state index contributed by atoms with van der Waals surface area (Å²) < 4.78 is 0. The fourth-order valence-corrected chi connectivity index (χ4v) is 14.1. The van der Waals surface area contributed by atoms with Crippen molar-refractivity contribution in [2.75, 3.05) is 9.80 Å². The molecule has 2 heterocycles. The molecular formula is C75H52N2. The number of rotatable bonds is 6. The maximum atomic E-state index is 2.53. The Bertz CT molecular complexity index is 4370. The van der Waals surface area contributed by atoms with E-state index in [-0.39, 0.29) is 0 Å². The minimum absolute atomic E-state index is 0.577. The summed E-state index contributed by atoms with van der Waals surface area (Å²) >= 11 is 0. The van der Waals surface area contributed by atoms with Gasteiger partial charge in [-0.3, -0.25) is 0 Å². The largest absolute Gasteiger partial charge is 0.310 e. The van der Waals surface area contributed by atoms with E-state index in [1.807, 2.05) is 0 Å². The van der Waals surface area contributed by atoms with Crippen LogP contribution >= 0.6 is 0 Å². The quantitative estimate of drug-likeness (QED) is 0.0931. The van der Waals surface area contributed by atoms with Gasteiger partial charge >= 0.3 is 0 Å². The Balaban J connectivity index is 0.844. The highest BCUT2D eigenvalue weighted by atomic mass is 15.2. The van der Waals surface area contributed by atoms with E-state index < -0.39 is 5.41 Å². The molecule has 0 radical (unpaired) electrons. The zero-order chi connectivity index (χ0) is 50.6. The standard InChI is InChI=1S/C75H52N2/c1-3-21-55(22-4-1)75(56-23-5-2-6-24-56)66-47-49(34-42-59(66)60-44-41-57(48-67(60)75)76-68-29-11-7-17-51(68)36-37-52-18-8-12-30-69(52)76)33-35-50-40-43-63-62-27-16-28-65-72(46-45-64(74(62)65)61-26-15-25-58(50)73(61)63)77-70-31-13-9-19-53(70)38-39-54-20-10-14-32-71(54)77/h1-35,40-48H,36-39H2/b35-33+. The molecule has 77 heavy (non-hydrogen) atoms. The van der Waals surface area contributed by atoms with Crippen LogP contribution in [0.4, 0.5) is 34.1 Å². The second-order valence-electron chi connectivity index (χ2n) is 21.3. The monoisotopic (exact) mass is 980 g/mol. The predicted octanol–water partition coefficient (Wildman–Crippen LogP) is 19.4. The van der Waals surface area contributed by atoms with Crippen LogP contribution in [0.15, 0.2) is 255 Å². The first kappa shape index (κ1) is 43.9. The van der Waals surface area contributed by atoms with Crippen LogP contribution in [0.2, 0.25) is 0 Å². The first-order chi connectivity index (χ1) is 38.2. The number of anilines is 6. The lowest BCUT2D eigenvalue weighted by Crippen LogP contribution is -2.29. The molecule has 0 saturated carbocycles. The Hall–Kier alpha value is -9.50. The number of hydrogen-bond donors (Lipinski definition) is 0. The van der Waals surface area contributed by atoms with E-state index >= 15 is 0 Å². The van der Waals surface area contributed by atoms with E-state index in [0.29, 0.717) is 0 Å². The van der Waals surface area contributed by atoms with Gasteiger partial charge in [-0.1, -0.05) is 218 Å². The second-order valence-corrected chi connectivity index (χ2v) is 21.3. The minimum atomic E-state index is -0.577. The van der Waals surface area contributed by atoms with E-state index in [1.165, 1.54) is 144 Å². The Morgan fingerprint density at radius 1 is 0.299 bits per heavy atom. The van der Waals surface area contributed by atoms with Gasteiger partial charge in [0.2, 0.25) is 0 Å². The molecule has 362 valence electrons. The Labute approximate surface area is 449 Å². The first-order valence-corrected chi connectivity index (χ1v) is 27.3. The molecule has 13 aromatic carbocycles. The zero-order valence-corrected chi connectivity index (χ0v) is 42.6. The third-order valence-electron chi connectivity index (χ3n) is 17.4. The van der Waals surface area contributed by atoms with Gasteiger partial charge in [0.05, 0.1) is 11.1 Å². The average Bonchev–Trinajstić information content (AvgIpc) is 3.90. The molecule has 0 atom stereocenters. The highest BCUT2D eigenvalue weighted by Crippen LogP contribution is 2.58. The van der Waals surface area contributed by atoms with Crippen molar-refractivity contribution >= 4 is 89.4 Å². The molecule has 0 fully saturated rings. The molecule has 16 rings (SSSR count). The molecule has 0 amide bonds. The van der Waals surface area contributed by atoms with Crippen molar-refractivity contribution in [3.63, 3.8) is 0 Å². The normalized spacial score (nSPS) is 14.3. The van der Waals surface area contributed by atoms with Crippen LogP contribution < -0.4 is 9.80 Å². The summed E-state index contributed by atoms with van der Waals surface area (Å²) in [6, 6.07) is 96.1. The lowest BCUT2D eigenvalue weighted by Gasteiger charge is -2.35. The fourth-order valence-electron chi connectivity index (χ4n) is 14.1. The van der Waals surface area contributed by atoms with Gasteiger partial charge in [0.15, 0.2) is 0 Å². The smallest absolute Gasteiger partial charge is 0.0714 e. The molecule has 0 unspecified atom stereocenters. The Morgan fingerprint density at radius 3 is 1.31 bits per heavy atom. The van der Waals surface area contributed by atoms with Gasteiger partial charge in [0.1, 0.15) is 0 Å². The van der Waals surface area contributed by atoms with E-state index in [4.69, 9.17) is 0 Å². The second kappa shape index (κ2) is 17.3. The lowest BCUT2D eigenvalue weighted by molar-refractivity contribution is 0.768. The highest BCUT2D eigenvalue weighted by molar-refractivity contribution is 6.35. The SMILES string of the molecule is C(=C\c1ccc2c3cccc4c(N5c6ccccc6CCc6ccccc65)ccc(c5cccc1c25)c43)/c1ccc2c(c1)C(c1ccccc1)(c1ccccc1)c1cc(N3c4ccccc4CCc4ccccc43)ccc1-2. The van der Waals surface area contributed by atoms with Crippen molar-refractivity contribution in [1.29, 1.82) is 0 Å². The van der Waals surface area contributed by atoms with Crippen LogP contribution in [-0.2, 0) is 31.1 Å². The van der Waals surface area contributed by atoms with Crippen molar-refractivity contribution in [1.82, 2.24) is 0 Å². The topological polar surface area (TPSA) is 6.48 Å². The minimum Gasteiger partial charge on any atom is -0.310 e. The van der Waals surface area contributed by atoms with Gasteiger partial charge in [-0.05, 0) is 179 Å². The zero-order valence-electron chi connectivity index (χ0n) is 42.6. The summed E-state index contributed by atoms with van der Waals surface area (Å²) in [4.78, 5) is 5.04. The first-order valence-electron chi connectivity index (χ1n) is 27.3. The van der Waals surface area contributed by atoms with Crippen molar-refractivity contribution in [3.05, 3.63) is 310 Å². The number of fused-ring (bicyclic) bond motifs is 9. The van der Waals surface area contributed by atoms with Crippen LogP contribution in [0, 0.1) is 0 Å². The number of nitrogens with zero attached hydrogens (tertiary/aromatic N) is 2. The maximum absolute atomic E-state index is 2.53. The van der Waals surface area contributed by atoms with Crippen LogP contribution in [0.1, 0.15) is 55.6 Å². The summed E-state index contributed by atoms with van der Waals surface area (Å²) in [5, 5.41) is 10.3. The van der Waals surface area contributed by atoms with Gasteiger partial charge in [-0.25, -0.2) is 0 Å². The molecule has 2 nitrogen and oxygen atoms in total. The number of hydrogen-bond acceptors (Lipinski definition) is 2. The third-order valence-corrected chi connectivity index (χ3v) is 17.4. The molecule has 0 aromatic heterocycles. The summed E-state index contributed by atoms with van der Waals surface area (Å²) in [7, 11) is 0. The van der Waals surface area contributed by atoms with Gasteiger partial charge in [0.25, 0.3) is 0 Å². The van der Waals surface area contributed by atoms with E-state index in [1.54, 1.807) is 0 Å². The van der Waals surface area contributed by atoms with E-state index in [2.05, 4.69) is 277 Å². The van der Waals surface area contributed by atoms with Gasteiger partial charge in [-0.15, -0.1) is 0 Å². The van der Waals surface area contributed by atoms with Crippen LogP contribution in [0.5, 0.6) is 0 Å². The molecule has 0 bridgehead atoms. The summed E-state index contributed by atoms with van der Waals surface area (Å²) in [5.41, 5.74) is 22.4. The molecular weight excluding hydrogens is 929 g/mol. The maximum Gasteiger partial charge on any atom is 0.0714 e.